The molecule has 0 unspecified atom stereocenters. The Hall–Kier alpha value is -1.88. The first-order valence-electron chi connectivity index (χ1n) is 8.47. The molecular formula is C19H27NO4. The molecule has 2 rings (SSSR count). The molecule has 1 amide bonds. The van der Waals surface area contributed by atoms with Gasteiger partial charge in [-0.2, -0.15) is 0 Å². The van der Waals surface area contributed by atoms with Crippen molar-refractivity contribution in [1.29, 1.82) is 0 Å². The van der Waals surface area contributed by atoms with E-state index in [0.29, 0.717) is 19.6 Å². The second-order valence-electron chi connectivity index (χ2n) is 7.16. The van der Waals surface area contributed by atoms with Crippen LogP contribution in [0.5, 0.6) is 0 Å². The van der Waals surface area contributed by atoms with Crippen molar-refractivity contribution in [2.75, 3.05) is 6.54 Å². The quantitative estimate of drug-likeness (QED) is 0.778. The minimum atomic E-state index is -0.590. The molecule has 5 nitrogen and oxygen atoms in total. The van der Waals surface area contributed by atoms with Crippen LogP contribution in [-0.2, 0) is 25.7 Å². The lowest BCUT2D eigenvalue weighted by Gasteiger charge is -2.29. The average molecular weight is 333 g/mol. The molecule has 1 aliphatic rings. The van der Waals surface area contributed by atoms with Crippen molar-refractivity contribution >= 4 is 11.9 Å². The molecule has 0 bridgehead atoms. The SMILES string of the molecule is C[C@H](OCc1ccccc1)C(=O)N1CCC[C@H]1C(=O)OC(C)(C)C. The van der Waals surface area contributed by atoms with Gasteiger partial charge in [0.1, 0.15) is 17.7 Å². The highest BCUT2D eigenvalue weighted by molar-refractivity contribution is 5.87. The highest BCUT2D eigenvalue weighted by Crippen LogP contribution is 2.22. The predicted octanol–water partition coefficient (Wildman–Crippen LogP) is 2.92. The Morgan fingerprint density at radius 2 is 1.92 bits per heavy atom. The smallest absolute Gasteiger partial charge is 0.329 e. The zero-order valence-electron chi connectivity index (χ0n) is 15.0. The van der Waals surface area contributed by atoms with Gasteiger partial charge in [0.25, 0.3) is 5.91 Å². The van der Waals surface area contributed by atoms with Crippen LogP contribution in [0.25, 0.3) is 0 Å². The maximum absolute atomic E-state index is 12.6. The van der Waals surface area contributed by atoms with E-state index in [2.05, 4.69) is 0 Å². The molecule has 1 fully saturated rings. The molecule has 1 aromatic rings. The van der Waals surface area contributed by atoms with Crippen LogP contribution in [-0.4, -0.2) is 41.1 Å². The lowest BCUT2D eigenvalue weighted by Crippen LogP contribution is -2.47. The van der Waals surface area contributed by atoms with Crippen LogP contribution < -0.4 is 0 Å². The van der Waals surface area contributed by atoms with Gasteiger partial charge in [0.15, 0.2) is 0 Å². The maximum atomic E-state index is 12.6. The molecule has 24 heavy (non-hydrogen) atoms. The summed E-state index contributed by atoms with van der Waals surface area (Å²) < 4.78 is 11.1. The molecule has 0 N–H and O–H groups in total. The van der Waals surface area contributed by atoms with Gasteiger partial charge in [-0.3, -0.25) is 4.79 Å². The fourth-order valence-electron chi connectivity index (χ4n) is 2.75. The summed E-state index contributed by atoms with van der Waals surface area (Å²) in [5.74, 6) is -0.483. The van der Waals surface area contributed by atoms with Gasteiger partial charge in [0.05, 0.1) is 6.61 Å². The number of hydrogen-bond donors (Lipinski definition) is 0. The highest BCUT2D eigenvalue weighted by Gasteiger charge is 2.38. The van der Waals surface area contributed by atoms with Gasteiger partial charge in [-0.25, -0.2) is 4.79 Å². The second-order valence-corrected chi connectivity index (χ2v) is 7.16. The van der Waals surface area contributed by atoms with E-state index >= 15 is 0 Å². The molecule has 132 valence electrons. The number of rotatable bonds is 5. The summed E-state index contributed by atoms with van der Waals surface area (Å²) >= 11 is 0. The van der Waals surface area contributed by atoms with Crippen LogP contribution in [0.3, 0.4) is 0 Å². The third-order valence-corrected chi connectivity index (χ3v) is 3.91. The van der Waals surface area contributed by atoms with Gasteiger partial charge in [0.2, 0.25) is 0 Å². The topological polar surface area (TPSA) is 55.8 Å². The van der Waals surface area contributed by atoms with Crippen LogP contribution in [0.15, 0.2) is 30.3 Å². The molecule has 1 aromatic carbocycles. The molecule has 0 aliphatic carbocycles. The van der Waals surface area contributed by atoms with Gasteiger partial charge in [0, 0.05) is 6.54 Å². The zero-order chi connectivity index (χ0) is 17.7. The third kappa shape index (κ3) is 5.06. The second kappa shape index (κ2) is 7.79. The number of hydrogen-bond acceptors (Lipinski definition) is 4. The fourth-order valence-corrected chi connectivity index (χ4v) is 2.75. The Morgan fingerprint density at radius 1 is 1.25 bits per heavy atom. The van der Waals surface area contributed by atoms with Crippen molar-refractivity contribution in [1.82, 2.24) is 4.90 Å². The molecular weight excluding hydrogens is 306 g/mol. The molecule has 0 saturated carbocycles. The number of nitrogens with zero attached hydrogens (tertiary/aromatic N) is 1. The Balaban J connectivity index is 1.93. The van der Waals surface area contributed by atoms with Crippen LogP contribution >= 0.6 is 0 Å². The van der Waals surface area contributed by atoms with Gasteiger partial charge < -0.3 is 14.4 Å². The zero-order valence-corrected chi connectivity index (χ0v) is 15.0. The molecule has 0 aromatic heterocycles. The van der Waals surface area contributed by atoms with Gasteiger partial charge in [-0.05, 0) is 46.1 Å². The van der Waals surface area contributed by atoms with Crippen LogP contribution in [0.1, 0.15) is 46.1 Å². The molecule has 5 heteroatoms. The molecule has 2 atom stereocenters. The normalized spacial score (nSPS) is 19.2. The van der Waals surface area contributed by atoms with E-state index in [0.717, 1.165) is 12.0 Å². The highest BCUT2D eigenvalue weighted by atomic mass is 16.6. The lowest BCUT2D eigenvalue weighted by molar-refractivity contribution is -0.165. The molecule has 1 aliphatic heterocycles. The summed E-state index contributed by atoms with van der Waals surface area (Å²) in [7, 11) is 0. The predicted molar refractivity (Wildman–Crippen MR) is 91.3 cm³/mol. The number of carbonyl (C=O) groups excluding carboxylic acids is 2. The summed E-state index contributed by atoms with van der Waals surface area (Å²) in [6, 6.07) is 9.22. The summed E-state index contributed by atoms with van der Waals surface area (Å²) in [5, 5.41) is 0. The molecule has 0 spiro atoms. The van der Waals surface area contributed by atoms with E-state index in [-0.39, 0.29) is 11.9 Å². The monoisotopic (exact) mass is 333 g/mol. The van der Waals surface area contributed by atoms with E-state index in [9.17, 15) is 9.59 Å². The number of carbonyl (C=O) groups is 2. The molecule has 1 saturated heterocycles. The first-order valence-corrected chi connectivity index (χ1v) is 8.47. The van der Waals surface area contributed by atoms with Crippen molar-refractivity contribution in [3.63, 3.8) is 0 Å². The van der Waals surface area contributed by atoms with Crippen molar-refractivity contribution in [2.45, 2.75) is 64.9 Å². The first kappa shape index (κ1) is 18.5. The minimum Gasteiger partial charge on any atom is -0.458 e. The summed E-state index contributed by atoms with van der Waals surface area (Å²) in [6.07, 6.45) is 0.862. The van der Waals surface area contributed by atoms with E-state index in [4.69, 9.17) is 9.47 Å². The number of benzene rings is 1. The van der Waals surface area contributed by atoms with Gasteiger partial charge in [-0.1, -0.05) is 30.3 Å². The van der Waals surface area contributed by atoms with E-state index in [1.807, 2.05) is 51.1 Å². The van der Waals surface area contributed by atoms with Gasteiger partial charge >= 0.3 is 5.97 Å². The Bertz CT molecular complexity index is 564. The Labute approximate surface area is 143 Å². The number of esters is 1. The summed E-state index contributed by atoms with van der Waals surface area (Å²) in [6.45, 7) is 8.17. The van der Waals surface area contributed by atoms with Crippen LogP contribution in [0.2, 0.25) is 0 Å². The fraction of sp³-hybridized carbons (Fsp3) is 0.579. The van der Waals surface area contributed by atoms with E-state index in [1.54, 1.807) is 11.8 Å². The van der Waals surface area contributed by atoms with Crippen molar-refractivity contribution < 1.29 is 19.1 Å². The van der Waals surface area contributed by atoms with Crippen LogP contribution in [0.4, 0.5) is 0 Å². The van der Waals surface area contributed by atoms with Crippen molar-refractivity contribution in [3.8, 4) is 0 Å². The summed E-state index contributed by atoms with van der Waals surface area (Å²) in [5.41, 5.74) is 0.464. The number of likely N-dealkylation sites (tertiary alicyclic amines) is 1. The van der Waals surface area contributed by atoms with E-state index in [1.165, 1.54) is 0 Å². The standard InChI is InChI=1S/C19H27NO4/c1-14(23-13-15-9-6-5-7-10-15)17(21)20-12-8-11-16(20)18(22)24-19(2,3)4/h5-7,9-10,14,16H,8,11-13H2,1-4H3/t14-,16-/m0/s1. The van der Waals surface area contributed by atoms with E-state index < -0.39 is 17.7 Å². The van der Waals surface area contributed by atoms with Gasteiger partial charge in [-0.15, -0.1) is 0 Å². The Morgan fingerprint density at radius 3 is 2.54 bits per heavy atom. The van der Waals surface area contributed by atoms with Crippen molar-refractivity contribution in [2.24, 2.45) is 0 Å². The largest absolute Gasteiger partial charge is 0.458 e. The summed E-state index contributed by atoms with van der Waals surface area (Å²) in [4.78, 5) is 26.6. The number of amides is 1. The third-order valence-electron chi connectivity index (χ3n) is 3.91. The molecule has 0 radical (unpaired) electrons. The lowest BCUT2D eigenvalue weighted by atomic mass is 10.1. The maximum Gasteiger partial charge on any atom is 0.329 e. The first-order chi connectivity index (χ1) is 11.3. The molecule has 1 heterocycles. The van der Waals surface area contributed by atoms with Crippen LogP contribution in [0, 0.1) is 0 Å². The Kier molecular flexibility index (Phi) is 5.99. The van der Waals surface area contributed by atoms with Crippen molar-refractivity contribution in [3.05, 3.63) is 35.9 Å². The average Bonchev–Trinajstić information content (AvgIpc) is 3.01. The minimum absolute atomic E-state index is 0.153. The number of ether oxygens (including phenoxy) is 2.